The Labute approximate surface area is 153 Å². The first kappa shape index (κ1) is 19.4. The van der Waals surface area contributed by atoms with E-state index in [1.54, 1.807) is 6.07 Å². The fourth-order valence-electron chi connectivity index (χ4n) is 2.76. The number of nitrogens with one attached hydrogen (secondary N) is 1. The van der Waals surface area contributed by atoms with Gasteiger partial charge in [-0.15, -0.1) is 0 Å². The maximum Gasteiger partial charge on any atom is 0.372 e. The number of carbonyl (C=O) groups is 3. The first-order valence-electron chi connectivity index (χ1n) is 8.76. The summed E-state index contributed by atoms with van der Waals surface area (Å²) in [7, 11) is 0. The Hall–Kier alpha value is -2.95. The highest BCUT2D eigenvalue weighted by Crippen LogP contribution is 2.30. The molecule has 1 amide bonds. The first-order valence-corrected chi connectivity index (χ1v) is 8.76. The van der Waals surface area contributed by atoms with Crippen molar-refractivity contribution < 1.29 is 19.5 Å². The van der Waals surface area contributed by atoms with Gasteiger partial charge in [-0.3, -0.25) is 9.59 Å². The zero-order chi connectivity index (χ0) is 18.9. The number of hydrogen-bond donors (Lipinski definition) is 2. The van der Waals surface area contributed by atoms with Crippen molar-refractivity contribution in [2.75, 3.05) is 5.32 Å². The summed E-state index contributed by atoms with van der Waals surface area (Å²) in [6, 6.07) is 15.2. The van der Waals surface area contributed by atoms with E-state index >= 15 is 0 Å². The van der Waals surface area contributed by atoms with Gasteiger partial charge in [-0.2, -0.15) is 0 Å². The van der Waals surface area contributed by atoms with Gasteiger partial charge < -0.3 is 10.4 Å². The van der Waals surface area contributed by atoms with Crippen molar-refractivity contribution in [3.05, 3.63) is 54.1 Å². The van der Waals surface area contributed by atoms with E-state index in [2.05, 4.69) is 5.32 Å². The number of Topliss-reactive ketones (excluding diaryl/α,β-unsaturated/α-hetero) is 1. The number of carbonyl (C=O) groups excluding carboxylic acids is 2. The molecule has 2 N–H and O–H groups in total. The number of unbranched alkanes of at least 4 members (excludes halogenated alkanes) is 1. The van der Waals surface area contributed by atoms with Gasteiger partial charge in [0.25, 0.3) is 0 Å². The topological polar surface area (TPSA) is 83.5 Å². The Morgan fingerprint density at radius 3 is 2.35 bits per heavy atom. The fourth-order valence-corrected chi connectivity index (χ4v) is 2.76. The lowest BCUT2D eigenvalue weighted by Crippen LogP contribution is -2.16. The van der Waals surface area contributed by atoms with Crippen LogP contribution in [0.15, 0.2) is 48.5 Å². The number of carboxylic acid groups (broad SMARTS) is 1. The summed E-state index contributed by atoms with van der Waals surface area (Å²) >= 11 is 0. The minimum atomic E-state index is -1.43. The molecule has 0 aliphatic carbocycles. The van der Waals surface area contributed by atoms with Gasteiger partial charge in [0.2, 0.25) is 11.7 Å². The number of rotatable bonds is 9. The second-order valence-electron chi connectivity index (χ2n) is 6.08. The molecule has 0 bridgehead atoms. The van der Waals surface area contributed by atoms with Gasteiger partial charge in [0, 0.05) is 18.5 Å². The molecule has 0 spiro atoms. The average molecular weight is 353 g/mol. The van der Waals surface area contributed by atoms with Gasteiger partial charge in [0.05, 0.1) is 0 Å². The smallest absolute Gasteiger partial charge is 0.372 e. The molecular weight excluding hydrogens is 330 g/mol. The van der Waals surface area contributed by atoms with Crippen LogP contribution in [0, 0.1) is 0 Å². The largest absolute Gasteiger partial charge is 0.476 e. The molecule has 2 rings (SSSR count). The highest BCUT2D eigenvalue weighted by atomic mass is 16.4. The summed E-state index contributed by atoms with van der Waals surface area (Å²) in [6.07, 6.45) is 2.30. The van der Waals surface area contributed by atoms with Crippen molar-refractivity contribution in [2.24, 2.45) is 0 Å². The standard InChI is InChI=1S/C21H23NO4/c1-2-3-12-20(24)22-18-11-7-10-16(15-8-5-4-6-9-15)17(18)13-14-19(23)21(25)26/h4-11H,2-3,12-14H2,1H3,(H,22,24)(H,25,26). The van der Waals surface area contributed by atoms with E-state index in [1.165, 1.54) is 0 Å². The molecular formula is C21H23NO4. The molecule has 0 unspecified atom stereocenters. The SMILES string of the molecule is CCCCC(=O)Nc1cccc(-c2ccccc2)c1CCC(=O)C(=O)O. The monoisotopic (exact) mass is 353 g/mol. The van der Waals surface area contributed by atoms with Crippen LogP contribution in [-0.4, -0.2) is 22.8 Å². The van der Waals surface area contributed by atoms with Gasteiger partial charge >= 0.3 is 5.97 Å². The molecule has 2 aromatic rings. The number of ketones is 1. The molecule has 0 aliphatic rings. The van der Waals surface area contributed by atoms with E-state index in [0.717, 1.165) is 29.5 Å². The third-order valence-electron chi connectivity index (χ3n) is 4.13. The molecule has 0 fully saturated rings. The van der Waals surface area contributed by atoms with E-state index in [4.69, 9.17) is 5.11 Å². The predicted molar refractivity (Wildman–Crippen MR) is 101 cm³/mol. The molecule has 0 radical (unpaired) electrons. The minimum Gasteiger partial charge on any atom is -0.476 e. The fraction of sp³-hybridized carbons (Fsp3) is 0.286. The van der Waals surface area contributed by atoms with E-state index in [1.807, 2.05) is 49.4 Å². The van der Waals surface area contributed by atoms with Crippen molar-refractivity contribution in [1.82, 2.24) is 0 Å². The van der Waals surface area contributed by atoms with E-state index in [-0.39, 0.29) is 18.7 Å². The molecule has 136 valence electrons. The molecule has 26 heavy (non-hydrogen) atoms. The van der Waals surface area contributed by atoms with Crippen molar-refractivity contribution >= 4 is 23.3 Å². The van der Waals surface area contributed by atoms with Crippen molar-refractivity contribution in [3.63, 3.8) is 0 Å². The van der Waals surface area contributed by atoms with E-state index in [0.29, 0.717) is 12.1 Å². The third-order valence-corrected chi connectivity index (χ3v) is 4.13. The average Bonchev–Trinajstić information content (AvgIpc) is 2.65. The summed E-state index contributed by atoms with van der Waals surface area (Å²) in [6.45, 7) is 2.02. The number of hydrogen-bond acceptors (Lipinski definition) is 3. The zero-order valence-electron chi connectivity index (χ0n) is 14.8. The Kier molecular flexibility index (Phi) is 7.09. The van der Waals surface area contributed by atoms with Crippen LogP contribution in [0.4, 0.5) is 5.69 Å². The lowest BCUT2D eigenvalue weighted by Gasteiger charge is -2.16. The molecule has 0 aromatic heterocycles. The Morgan fingerprint density at radius 2 is 1.69 bits per heavy atom. The summed E-state index contributed by atoms with van der Waals surface area (Å²) in [5.74, 6) is -2.35. The number of amides is 1. The molecule has 0 saturated carbocycles. The number of carboxylic acids is 1. The number of aliphatic carboxylic acids is 1. The summed E-state index contributed by atoms with van der Waals surface area (Å²) in [5.41, 5.74) is 3.25. The first-order chi connectivity index (χ1) is 12.5. The zero-order valence-corrected chi connectivity index (χ0v) is 14.8. The van der Waals surface area contributed by atoms with Gasteiger partial charge in [-0.25, -0.2) is 4.79 Å². The van der Waals surface area contributed by atoms with E-state index in [9.17, 15) is 14.4 Å². The minimum absolute atomic E-state index is 0.0807. The Balaban J connectivity index is 2.35. The van der Waals surface area contributed by atoms with E-state index < -0.39 is 11.8 Å². The molecule has 2 aromatic carbocycles. The normalized spacial score (nSPS) is 10.3. The van der Waals surface area contributed by atoms with Crippen LogP contribution in [0.25, 0.3) is 11.1 Å². The van der Waals surface area contributed by atoms with Gasteiger partial charge in [-0.05, 0) is 35.6 Å². The molecule has 5 heteroatoms. The van der Waals surface area contributed by atoms with Crippen LogP contribution in [0.5, 0.6) is 0 Å². The summed E-state index contributed by atoms with van der Waals surface area (Å²) in [5, 5.41) is 11.7. The lowest BCUT2D eigenvalue weighted by molar-refractivity contribution is -0.149. The van der Waals surface area contributed by atoms with Gasteiger partial charge in [-0.1, -0.05) is 55.8 Å². The second-order valence-corrected chi connectivity index (χ2v) is 6.08. The number of benzene rings is 2. The van der Waals surface area contributed by atoms with Crippen LogP contribution in [0.3, 0.4) is 0 Å². The van der Waals surface area contributed by atoms with Crippen LogP contribution in [0.1, 0.15) is 38.2 Å². The second kappa shape index (κ2) is 9.51. The molecule has 0 aliphatic heterocycles. The van der Waals surface area contributed by atoms with Crippen molar-refractivity contribution in [1.29, 1.82) is 0 Å². The Morgan fingerprint density at radius 1 is 0.962 bits per heavy atom. The molecule has 5 nitrogen and oxygen atoms in total. The molecule has 0 atom stereocenters. The van der Waals surface area contributed by atoms with Crippen LogP contribution >= 0.6 is 0 Å². The predicted octanol–water partition coefficient (Wildman–Crippen LogP) is 4.07. The highest BCUT2D eigenvalue weighted by molar-refractivity contribution is 6.32. The maximum absolute atomic E-state index is 12.1. The van der Waals surface area contributed by atoms with Crippen LogP contribution < -0.4 is 5.32 Å². The lowest BCUT2D eigenvalue weighted by atomic mass is 9.94. The van der Waals surface area contributed by atoms with Crippen LogP contribution in [-0.2, 0) is 20.8 Å². The highest BCUT2D eigenvalue weighted by Gasteiger charge is 2.16. The third kappa shape index (κ3) is 5.28. The van der Waals surface area contributed by atoms with Crippen molar-refractivity contribution in [3.8, 4) is 11.1 Å². The Bertz CT molecular complexity index is 784. The summed E-state index contributed by atoms with van der Waals surface area (Å²) in [4.78, 5) is 34.5. The quantitative estimate of drug-likeness (QED) is 0.666. The maximum atomic E-state index is 12.1. The van der Waals surface area contributed by atoms with Crippen molar-refractivity contribution in [2.45, 2.75) is 39.0 Å². The molecule has 0 heterocycles. The molecule has 0 saturated heterocycles. The van der Waals surface area contributed by atoms with Gasteiger partial charge in [0.15, 0.2) is 0 Å². The van der Waals surface area contributed by atoms with Gasteiger partial charge in [0.1, 0.15) is 0 Å². The van der Waals surface area contributed by atoms with Crippen LogP contribution in [0.2, 0.25) is 0 Å². The number of anilines is 1. The summed E-state index contributed by atoms with van der Waals surface area (Å²) < 4.78 is 0.